The fourth-order valence-corrected chi connectivity index (χ4v) is 2.23. The van der Waals surface area contributed by atoms with Crippen molar-refractivity contribution in [2.24, 2.45) is 5.92 Å². The number of ether oxygens (including phenoxy) is 1. The van der Waals surface area contributed by atoms with Gasteiger partial charge in [0.05, 0.1) is 5.56 Å². The average molecular weight is 288 g/mol. The molecule has 5 heteroatoms. The van der Waals surface area contributed by atoms with E-state index in [1.165, 1.54) is 7.05 Å². The molecule has 21 heavy (non-hydrogen) atoms. The maximum Gasteiger partial charge on any atom is 0.340 e. The average Bonchev–Trinajstić information content (AvgIpc) is 2.83. The number of amides is 1. The monoisotopic (exact) mass is 288 g/mol. The molecular weight excluding hydrogens is 268 g/mol. The largest absolute Gasteiger partial charge is 0.452 e. The molecule has 1 aromatic carbocycles. The molecule has 112 valence electrons. The van der Waals surface area contributed by atoms with E-state index in [0.29, 0.717) is 11.5 Å². The van der Waals surface area contributed by atoms with Crippen LogP contribution in [0.1, 0.15) is 24.2 Å². The molecule has 0 bridgehead atoms. The Kier molecular flexibility index (Phi) is 4.62. The van der Waals surface area contributed by atoms with E-state index < -0.39 is 5.97 Å². The third-order valence-electron chi connectivity index (χ3n) is 3.18. The second-order valence-electron chi connectivity index (χ2n) is 5.36. The molecule has 1 amide bonds. The van der Waals surface area contributed by atoms with Gasteiger partial charge in [0.1, 0.15) is 0 Å². The maximum atomic E-state index is 12.2. The van der Waals surface area contributed by atoms with Crippen LogP contribution in [0.5, 0.6) is 0 Å². The zero-order valence-corrected chi connectivity index (χ0v) is 12.6. The minimum atomic E-state index is -0.475. The Balaban J connectivity index is 2.31. The van der Waals surface area contributed by atoms with Gasteiger partial charge in [0.25, 0.3) is 5.91 Å². The van der Waals surface area contributed by atoms with E-state index in [2.05, 4.69) is 23.7 Å². The van der Waals surface area contributed by atoms with E-state index in [0.717, 1.165) is 17.4 Å². The predicted octanol–water partition coefficient (Wildman–Crippen LogP) is 2.20. The summed E-state index contributed by atoms with van der Waals surface area (Å²) in [6.07, 6.45) is 1.80. The summed E-state index contributed by atoms with van der Waals surface area (Å²) in [4.78, 5) is 23.3. The number of likely N-dealkylation sites (N-methyl/N-ethyl adjacent to an activating group) is 1. The number of para-hydroxylation sites is 1. The molecule has 0 radical (unpaired) electrons. The van der Waals surface area contributed by atoms with Crippen LogP contribution in [0.15, 0.2) is 30.5 Å². The highest BCUT2D eigenvalue weighted by Gasteiger charge is 2.17. The summed E-state index contributed by atoms with van der Waals surface area (Å²) in [5, 5.41) is 3.27. The number of nitrogens with zero attached hydrogens (tertiary/aromatic N) is 1. The topological polar surface area (TPSA) is 60.3 Å². The first-order valence-electron chi connectivity index (χ1n) is 6.98. The maximum absolute atomic E-state index is 12.2. The van der Waals surface area contributed by atoms with Crippen LogP contribution in [0.4, 0.5) is 0 Å². The molecule has 0 aliphatic heterocycles. The number of esters is 1. The first-order chi connectivity index (χ1) is 10.0. The second kappa shape index (κ2) is 6.43. The molecule has 0 unspecified atom stereocenters. The van der Waals surface area contributed by atoms with Gasteiger partial charge in [-0.25, -0.2) is 4.79 Å². The molecule has 1 heterocycles. The first kappa shape index (κ1) is 15.1. The summed E-state index contributed by atoms with van der Waals surface area (Å²) in [6, 6.07) is 7.70. The normalized spacial score (nSPS) is 10.9. The first-order valence-corrected chi connectivity index (χ1v) is 6.98. The Morgan fingerprint density at radius 3 is 2.67 bits per heavy atom. The van der Waals surface area contributed by atoms with Gasteiger partial charge in [-0.05, 0) is 12.0 Å². The number of benzene rings is 1. The number of hydrogen-bond donors (Lipinski definition) is 1. The van der Waals surface area contributed by atoms with Gasteiger partial charge in [0.2, 0.25) is 0 Å². The van der Waals surface area contributed by atoms with Crippen molar-refractivity contribution in [3.63, 3.8) is 0 Å². The van der Waals surface area contributed by atoms with Gasteiger partial charge >= 0.3 is 5.97 Å². The van der Waals surface area contributed by atoms with Crippen molar-refractivity contribution in [2.45, 2.75) is 20.4 Å². The number of carbonyl (C=O) groups is 2. The highest BCUT2D eigenvalue weighted by molar-refractivity contribution is 6.04. The van der Waals surface area contributed by atoms with Gasteiger partial charge in [0, 0.05) is 30.7 Å². The Morgan fingerprint density at radius 2 is 2.00 bits per heavy atom. The summed E-state index contributed by atoms with van der Waals surface area (Å²) in [6.45, 7) is 4.80. The van der Waals surface area contributed by atoms with Crippen LogP contribution in [0, 0.1) is 5.92 Å². The number of hydrogen-bond acceptors (Lipinski definition) is 3. The van der Waals surface area contributed by atoms with Gasteiger partial charge in [-0.2, -0.15) is 0 Å². The van der Waals surface area contributed by atoms with Crippen molar-refractivity contribution in [2.75, 3.05) is 13.7 Å². The number of nitrogens with one attached hydrogen (secondary N) is 1. The Bertz CT molecular complexity index is 659. The fourth-order valence-electron chi connectivity index (χ4n) is 2.23. The lowest BCUT2D eigenvalue weighted by atomic mass is 10.2. The van der Waals surface area contributed by atoms with Crippen molar-refractivity contribution >= 4 is 22.8 Å². The van der Waals surface area contributed by atoms with E-state index in [9.17, 15) is 9.59 Å². The molecule has 0 aliphatic rings. The molecular formula is C16H20N2O3. The summed E-state index contributed by atoms with van der Waals surface area (Å²) in [5.41, 5.74) is 1.49. The van der Waals surface area contributed by atoms with Crippen LogP contribution >= 0.6 is 0 Å². The fraction of sp³-hybridized carbons (Fsp3) is 0.375. The number of fused-ring (bicyclic) bond motifs is 1. The van der Waals surface area contributed by atoms with Crippen LogP contribution in [-0.2, 0) is 16.1 Å². The summed E-state index contributed by atoms with van der Waals surface area (Å²) in [5.74, 6) is -0.331. The highest BCUT2D eigenvalue weighted by Crippen LogP contribution is 2.23. The van der Waals surface area contributed by atoms with Crippen molar-refractivity contribution < 1.29 is 14.3 Å². The van der Waals surface area contributed by atoms with E-state index in [1.54, 1.807) is 6.20 Å². The molecule has 0 saturated carbocycles. The third-order valence-corrected chi connectivity index (χ3v) is 3.18. The Hall–Kier alpha value is -2.30. The van der Waals surface area contributed by atoms with Crippen LogP contribution in [0.25, 0.3) is 10.9 Å². The lowest BCUT2D eigenvalue weighted by molar-refractivity contribution is -0.123. The van der Waals surface area contributed by atoms with Crippen molar-refractivity contribution in [3.8, 4) is 0 Å². The number of aromatic nitrogens is 1. The molecule has 0 fully saturated rings. The van der Waals surface area contributed by atoms with E-state index in [4.69, 9.17) is 4.74 Å². The molecule has 0 spiro atoms. The Morgan fingerprint density at radius 1 is 1.29 bits per heavy atom. The quantitative estimate of drug-likeness (QED) is 0.858. The van der Waals surface area contributed by atoms with Crippen LogP contribution in [-0.4, -0.2) is 30.1 Å². The molecule has 1 aromatic heterocycles. The Labute approximate surface area is 123 Å². The van der Waals surface area contributed by atoms with E-state index in [1.807, 2.05) is 24.3 Å². The van der Waals surface area contributed by atoms with Gasteiger partial charge in [0.15, 0.2) is 6.61 Å². The molecule has 1 N–H and O–H groups in total. The van der Waals surface area contributed by atoms with Crippen molar-refractivity contribution in [3.05, 3.63) is 36.0 Å². The van der Waals surface area contributed by atoms with Gasteiger partial charge in [-0.1, -0.05) is 32.0 Å². The zero-order chi connectivity index (χ0) is 15.4. The smallest absolute Gasteiger partial charge is 0.340 e. The minimum absolute atomic E-state index is 0.265. The number of carbonyl (C=O) groups excluding carboxylic acids is 2. The lowest BCUT2D eigenvalue weighted by Gasteiger charge is -2.07. The SMILES string of the molecule is CNC(=O)COC(=O)c1cn(CC(C)C)c2ccccc12. The minimum Gasteiger partial charge on any atom is -0.452 e. The van der Waals surface area contributed by atoms with Crippen molar-refractivity contribution in [1.82, 2.24) is 9.88 Å². The van der Waals surface area contributed by atoms with Gasteiger partial charge in [-0.3, -0.25) is 4.79 Å². The molecule has 0 saturated heterocycles. The van der Waals surface area contributed by atoms with E-state index >= 15 is 0 Å². The van der Waals surface area contributed by atoms with Crippen LogP contribution in [0.2, 0.25) is 0 Å². The number of rotatable bonds is 5. The molecule has 2 rings (SSSR count). The molecule has 0 aliphatic carbocycles. The van der Waals surface area contributed by atoms with E-state index in [-0.39, 0.29) is 12.5 Å². The molecule has 2 aromatic rings. The zero-order valence-electron chi connectivity index (χ0n) is 12.6. The summed E-state index contributed by atoms with van der Waals surface area (Å²) < 4.78 is 7.09. The third kappa shape index (κ3) is 3.42. The molecule has 0 atom stereocenters. The highest BCUT2D eigenvalue weighted by atomic mass is 16.5. The second-order valence-corrected chi connectivity index (χ2v) is 5.36. The lowest BCUT2D eigenvalue weighted by Crippen LogP contribution is -2.25. The summed E-state index contributed by atoms with van der Waals surface area (Å²) >= 11 is 0. The van der Waals surface area contributed by atoms with Gasteiger partial charge in [-0.15, -0.1) is 0 Å². The summed E-state index contributed by atoms with van der Waals surface area (Å²) in [7, 11) is 1.50. The van der Waals surface area contributed by atoms with Crippen LogP contribution < -0.4 is 5.32 Å². The van der Waals surface area contributed by atoms with Gasteiger partial charge < -0.3 is 14.6 Å². The predicted molar refractivity (Wildman–Crippen MR) is 81.1 cm³/mol. The van der Waals surface area contributed by atoms with Crippen LogP contribution in [0.3, 0.4) is 0 Å². The molecule has 5 nitrogen and oxygen atoms in total. The van der Waals surface area contributed by atoms with Crippen molar-refractivity contribution in [1.29, 1.82) is 0 Å². The standard InChI is InChI=1S/C16H20N2O3/c1-11(2)8-18-9-13(12-6-4-5-7-14(12)18)16(20)21-10-15(19)17-3/h4-7,9,11H,8,10H2,1-3H3,(H,17,19).